The average molecular weight is 1050 g/mol. The van der Waals surface area contributed by atoms with Gasteiger partial charge in [-0.3, -0.25) is 4.79 Å². The third-order valence-electron chi connectivity index (χ3n) is 15.5. The van der Waals surface area contributed by atoms with Gasteiger partial charge in [0.2, 0.25) is 5.91 Å². The normalized spacial score (nSPS) is 19.1. The summed E-state index contributed by atoms with van der Waals surface area (Å²) in [5, 5.41) is 54.7. The van der Waals surface area contributed by atoms with Gasteiger partial charge in [-0.1, -0.05) is 294 Å². The Balaban J connectivity index is 2.17. The Morgan fingerprint density at radius 2 is 0.797 bits per heavy atom. The number of aliphatic hydroxyl groups excluding tert-OH is 5. The number of aliphatic hydroxyl groups is 5. The molecule has 1 aliphatic heterocycles. The Hall–Kier alpha value is -1.59. The fourth-order valence-electron chi connectivity index (χ4n) is 10.4. The van der Waals surface area contributed by atoms with E-state index in [1.165, 1.54) is 250 Å². The summed E-state index contributed by atoms with van der Waals surface area (Å²) in [6.45, 7) is 3.81. The molecule has 1 amide bonds. The van der Waals surface area contributed by atoms with Gasteiger partial charge < -0.3 is 40.3 Å². The molecule has 0 aromatic heterocycles. The minimum absolute atomic E-state index is 0.175. The second-order valence-electron chi connectivity index (χ2n) is 22.6. The van der Waals surface area contributed by atoms with Crippen molar-refractivity contribution in [3.05, 3.63) is 36.5 Å². The lowest BCUT2D eigenvalue weighted by Crippen LogP contribution is -2.60. The number of ether oxygens (including phenoxy) is 2. The van der Waals surface area contributed by atoms with E-state index in [1.807, 2.05) is 6.08 Å². The first-order valence-corrected chi connectivity index (χ1v) is 32.2. The number of unbranched alkanes of at least 4 members (excludes halogenated alkanes) is 42. The first-order valence-electron chi connectivity index (χ1n) is 32.2. The van der Waals surface area contributed by atoms with Crippen molar-refractivity contribution in [1.82, 2.24) is 5.32 Å². The molecule has 1 fully saturated rings. The number of amides is 1. The van der Waals surface area contributed by atoms with E-state index in [9.17, 15) is 30.3 Å². The van der Waals surface area contributed by atoms with Crippen molar-refractivity contribution in [2.24, 2.45) is 0 Å². The molecule has 7 atom stereocenters. The molecule has 0 aromatic rings. The molecule has 0 bridgehead atoms. The lowest BCUT2D eigenvalue weighted by molar-refractivity contribution is -0.302. The van der Waals surface area contributed by atoms with Crippen LogP contribution in [0.4, 0.5) is 0 Å². The lowest BCUT2D eigenvalue weighted by Gasteiger charge is -2.40. The Kier molecular flexibility index (Phi) is 52.1. The summed E-state index contributed by atoms with van der Waals surface area (Å²) < 4.78 is 11.3. The van der Waals surface area contributed by atoms with Gasteiger partial charge in [-0.25, -0.2) is 0 Å². The number of carbonyl (C=O) groups is 1. The Labute approximate surface area is 457 Å². The number of carbonyl (C=O) groups excluding carboxylic acids is 1. The predicted molar refractivity (Wildman–Crippen MR) is 313 cm³/mol. The van der Waals surface area contributed by atoms with Crippen LogP contribution in [0, 0.1) is 0 Å². The molecule has 1 saturated heterocycles. The average Bonchev–Trinajstić information content (AvgIpc) is 3.40. The predicted octanol–water partition coefficient (Wildman–Crippen LogP) is 16.7. The highest BCUT2D eigenvalue weighted by molar-refractivity contribution is 5.76. The van der Waals surface area contributed by atoms with Gasteiger partial charge in [-0.05, 0) is 51.4 Å². The van der Waals surface area contributed by atoms with Crippen LogP contribution >= 0.6 is 0 Å². The lowest BCUT2D eigenvalue weighted by atomic mass is 9.99. The van der Waals surface area contributed by atoms with E-state index in [0.29, 0.717) is 6.42 Å². The fourth-order valence-corrected chi connectivity index (χ4v) is 10.4. The van der Waals surface area contributed by atoms with E-state index in [0.717, 1.165) is 44.9 Å². The Morgan fingerprint density at radius 3 is 1.16 bits per heavy atom. The second kappa shape index (κ2) is 54.8. The van der Waals surface area contributed by atoms with Crippen molar-refractivity contribution < 1.29 is 39.8 Å². The largest absolute Gasteiger partial charge is 0.394 e. The van der Waals surface area contributed by atoms with Crippen LogP contribution in [0.25, 0.3) is 0 Å². The van der Waals surface area contributed by atoms with E-state index in [2.05, 4.69) is 43.5 Å². The van der Waals surface area contributed by atoms with E-state index in [1.54, 1.807) is 6.08 Å². The molecule has 436 valence electrons. The summed E-state index contributed by atoms with van der Waals surface area (Å²) in [6, 6.07) is -0.807. The fraction of sp³-hybridized carbons (Fsp3) is 0.892. The SMILES string of the molecule is CCCCCCC/C=C\C/C=C\CCCCCCCCCCCCCC(=O)NC(COC1OC(CO)C(O)C(O)C1O)C(O)/C=C/CCCCCCCCCCCCCCCCCCCCCCCCCCCC. The van der Waals surface area contributed by atoms with Gasteiger partial charge >= 0.3 is 0 Å². The molecule has 74 heavy (non-hydrogen) atoms. The highest BCUT2D eigenvalue weighted by atomic mass is 16.7. The van der Waals surface area contributed by atoms with Crippen molar-refractivity contribution in [3.63, 3.8) is 0 Å². The quantitative estimate of drug-likeness (QED) is 0.0261. The van der Waals surface area contributed by atoms with Crippen molar-refractivity contribution in [1.29, 1.82) is 0 Å². The van der Waals surface area contributed by atoms with Gasteiger partial charge in [0.15, 0.2) is 6.29 Å². The van der Waals surface area contributed by atoms with E-state index >= 15 is 0 Å². The Morgan fingerprint density at radius 1 is 0.459 bits per heavy atom. The molecule has 1 aliphatic rings. The van der Waals surface area contributed by atoms with Crippen LogP contribution in [0.1, 0.15) is 316 Å². The zero-order chi connectivity index (χ0) is 53.6. The maximum absolute atomic E-state index is 13.1. The highest BCUT2D eigenvalue weighted by Gasteiger charge is 2.44. The molecule has 9 nitrogen and oxygen atoms in total. The third-order valence-corrected chi connectivity index (χ3v) is 15.5. The van der Waals surface area contributed by atoms with Gasteiger partial charge in [0.05, 0.1) is 25.4 Å². The molecule has 0 aromatic carbocycles. The number of rotatable bonds is 56. The highest BCUT2D eigenvalue weighted by Crippen LogP contribution is 2.23. The maximum atomic E-state index is 13.1. The van der Waals surface area contributed by atoms with Crippen LogP contribution in [0.2, 0.25) is 0 Å². The number of hydrogen-bond donors (Lipinski definition) is 6. The number of hydrogen-bond acceptors (Lipinski definition) is 8. The smallest absolute Gasteiger partial charge is 0.220 e. The molecule has 6 N–H and O–H groups in total. The molecule has 0 spiro atoms. The van der Waals surface area contributed by atoms with Gasteiger partial charge in [0.25, 0.3) is 0 Å². The first kappa shape index (κ1) is 70.4. The molecule has 0 saturated carbocycles. The van der Waals surface area contributed by atoms with Crippen molar-refractivity contribution in [2.75, 3.05) is 13.2 Å². The molecule has 1 heterocycles. The zero-order valence-electron chi connectivity index (χ0n) is 48.6. The summed E-state index contributed by atoms with van der Waals surface area (Å²) >= 11 is 0. The van der Waals surface area contributed by atoms with Crippen LogP contribution in [0.3, 0.4) is 0 Å². The van der Waals surface area contributed by atoms with E-state index in [4.69, 9.17) is 9.47 Å². The summed E-state index contributed by atoms with van der Waals surface area (Å²) in [6.07, 6.45) is 65.1. The van der Waals surface area contributed by atoms with Gasteiger partial charge in [0, 0.05) is 6.42 Å². The van der Waals surface area contributed by atoms with E-state index in [-0.39, 0.29) is 12.5 Å². The van der Waals surface area contributed by atoms with Crippen LogP contribution in [0.15, 0.2) is 36.5 Å². The maximum Gasteiger partial charge on any atom is 0.220 e. The van der Waals surface area contributed by atoms with Crippen molar-refractivity contribution in [2.45, 2.75) is 358 Å². The minimum Gasteiger partial charge on any atom is -0.394 e. The summed E-state index contributed by atoms with van der Waals surface area (Å²) in [5.41, 5.74) is 0. The molecule has 0 aliphatic carbocycles. The molecule has 7 unspecified atom stereocenters. The van der Waals surface area contributed by atoms with Crippen LogP contribution in [-0.4, -0.2) is 87.5 Å². The summed E-state index contributed by atoms with van der Waals surface area (Å²) in [7, 11) is 0. The van der Waals surface area contributed by atoms with Crippen molar-refractivity contribution in [3.8, 4) is 0 Å². The van der Waals surface area contributed by atoms with Gasteiger partial charge in [-0.2, -0.15) is 0 Å². The molecular formula is C65H123NO8. The van der Waals surface area contributed by atoms with Crippen LogP contribution in [0.5, 0.6) is 0 Å². The second-order valence-corrected chi connectivity index (χ2v) is 22.6. The first-order chi connectivity index (χ1) is 36.3. The third kappa shape index (κ3) is 43.4. The van der Waals surface area contributed by atoms with Gasteiger partial charge in [0.1, 0.15) is 24.4 Å². The molecule has 1 rings (SSSR count). The minimum atomic E-state index is -1.57. The zero-order valence-corrected chi connectivity index (χ0v) is 48.6. The van der Waals surface area contributed by atoms with Crippen molar-refractivity contribution >= 4 is 5.91 Å². The van der Waals surface area contributed by atoms with Crippen LogP contribution < -0.4 is 5.32 Å². The number of allylic oxidation sites excluding steroid dienone is 5. The Bertz CT molecular complexity index is 1260. The summed E-state index contributed by atoms with van der Waals surface area (Å²) in [5.74, 6) is -0.175. The number of nitrogens with one attached hydrogen (secondary N) is 1. The van der Waals surface area contributed by atoms with Crippen LogP contribution in [-0.2, 0) is 14.3 Å². The monoisotopic (exact) mass is 1050 g/mol. The van der Waals surface area contributed by atoms with E-state index < -0.39 is 49.5 Å². The van der Waals surface area contributed by atoms with Gasteiger partial charge in [-0.15, -0.1) is 0 Å². The molecular weight excluding hydrogens is 923 g/mol. The molecule has 9 heteroatoms. The standard InChI is InChI=1S/C65H123NO8/c1-3-5-7-9-11-13-15-17-19-21-23-25-27-28-29-30-31-33-34-36-38-40-42-44-46-48-50-52-54-59(68)58(57-73-65-64(72)63(71)62(70)60(56-67)74-65)66-61(69)55-53-51-49-47-45-43-41-39-37-35-32-26-24-22-20-18-16-14-12-10-8-6-4-2/h16,18,22,24,52,54,58-60,62-65,67-68,70-72H,3-15,17,19-21,23,25-51,53,55-57H2,1-2H3,(H,66,69)/b18-16-,24-22-,54-52+. The summed E-state index contributed by atoms with van der Waals surface area (Å²) in [4.78, 5) is 13.1. The molecule has 0 radical (unpaired) electrons. The topological polar surface area (TPSA) is 149 Å².